The number of carbonyl (C=O) groups is 2. The maximum atomic E-state index is 11.9. The summed E-state index contributed by atoms with van der Waals surface area (Å²) in [6.07, 6.45) is -0.0475. The van der Waals surface area contributed by atoms with E-state index in [-0.39, 0.29) is 18.8 Å². The Labute approximate surface area is 123 Å². The second kappa shape index (κ2) is 8.43. The molecule has 1 atom stereocenters. The molecule has 0 unspecified atom stereocenters. The highest BCUT2D eigenvalue weighted by Gasteiger charge is 2.21. The molecule has 0 saturated heterocycles. The maximum Gasteiger partial charge on any atom is 0.326 e. The number of aliphatic hydroxyl groups is 1. The number of hydrogen-bond donors (Lipinski definition) is 3. The van der Waals surface area contributed by atoms with Crippen LogP contribution in [0.25, 0.3) is 0 Å². The predicted molar refractivity (Wildman–Crippen MR) is 75.9 cm³/mol. The van der Waals surface area contributed by atoms with Gasteiger partial charge in [0.05, 0.1) is 6.54 Å². The zero-order chi connectivity index (χ0) is 15.8. The molecule has 0 saturated carbocycles. The molecule has 118 valence electrons. The molecule has 0 fully saturated rings. The second-order valence-corrected chi connectivity index (χ2v) is 4.60. The summed E-state index contributed by atoms with van der Waals surface area (Å²) in [5.41, 5.74) is 0. The molecule has 0 radical (unpaired) electrons. The van der Waals surface area contributed by atoms with Gasteiger partial charge >= 0.3 is 5.97 Å². The van der Waals surface area contributed by atoms with Gasteiger partial charge in [-0.25, -0.2) is 4.79 Å². The van der Waals surface area contributed by atoms with Crippen LogP contribution >= 0.6 is 0 Å². The molecule has 1 aromatic heterocycles. The van der Waals surface area contributed by atoms with Gasteiger partial charge in [0.1, 0.15) is 11.8 Å². The van der Waals surface area contributed by atoms with Crippen LogP contribution in [0.5, 0.6) is 0 Å². The fourth-order valence-corrected chi connectivity index (χ4v) is 1.87. The van der Waals surface area contributed by atoms with Crippen molar-refractivity contribution in [1.29, 1.82) is 0 Å². The highest BCUT2D eigenvalue weighted by atomic mass is 16.4. The van der Waals surface area contributed by atoms with Crippen LogP contribution in [-0.2, 0) is 11.3 Å². The lowest BCUT2D eigenvalue weighted by Crippen LogP contribution is -2.41. The van der Waals surface area contributed by atoms with Gasteiger partial charge in [0, 0.05) is 13.0 Å². The van der Waals surface area contributed by atoms with Crippen LogP contribution in [0.2, 0.25) is 0 Å². The SMILES string of the molecule is CCN(CC)Cc1ccc(C(=O)N[C@@H](CCO)C(=O)O)o1. The van der Waals surface area contributed by atoms with Crippen molar-refractivity contribution in [3.8, 4) is 0 Å². The number of nitrogens with one attached hydrogen (secondary N) is 1. The Balaban J connectivity index is 2.66. The number of furan rings is 1. The van der Waals surface area contributed by atoms with E-state index in [2.05, 4.69) is 10.2 Å². The number of carboxylic acid groups (broad SMARTS) is 1. The predicted octanol–water partition coefficient (Wildman–Crippen LogP) is 0.687. The Kier molecular flexibility index (Phi) is 6.90. The fraction of sp³-hybridized carbons (Fsp3) is 0.571. The molecule has 1 amide bonds. The summed E-state index contributed by atoms with van der Waals surface area (Å²) in [4.78, 5) is 25.0. The molecule has 1 aromatic rings. The van der Waals surface area contributed by atoms with Crippen molar-refractivity contribution in [2.75, 3.05) is 19.7 Å². The summed E-state index contributed by atoms with van der Waals surface area (Å²) in [7, 11) is 0. The monoisotopic (exact) mass is 298 g/mol. The minimum Gasteiger partial charge on any atom is -0.480 e. The number of carbonyl (C=O) groups excluding carboxylic acids is 1. The number of carboxylic acids is 1. The Morgan fingerprint density at radius 3 is 2.52 bits per heavy atom. The van der Waals surface area contributed by atoms with E-state index in [9.17, 15) is 9.59 Å². The van der Waals surface area contributed by atoms with E-state index in [1.54, 1.807) is 6.07 Å². The third-order valence-corrected chi connectivity index (χ3v) is 3.18. The Bertz CT molecular complexity index is 468. The average molecular weight is 298 g/mol. The van der Waals surface area contributed by atoms with Crippen molar-refractivity contribution >= 4 is 11.9 Å². The smallest absolute Gasteiger partial charge is 0.326 e. The number of hydrogen-bond acceptors (Lipinski definition) is 5. The molecule has 21 heavy (non-hydrogen) atoms. The van der Waals surface area contributed by atoms with Gasteiger partial charge in [-0.3, -0.25) is 9.69 Å². The Hall–Kier alpha value is -1.86. The summed E-state index contributed by atoms with van der Waals surface area (Å²) in [5.74, 6) is -1.06. The lowest BCUT2D eigenvalue weighted by Gasteiger charge is -2.15. The van der Waals surface area contributed by atoms with Crippen molar-refractivity contribution in [2.45, 2.75) is 32.9 Å². The van der Waals surface area contributed by atoms with Crippen molar-refractivity contribution in [2.24, 2.45) is 0 Å². The van der Waals surface area contributed by atoms with E-state index < -0.39 is 17.9 Å². The van der Waals surface area contributed by atoms with Gasteiger partial charge in [0.2, 0.25) is 0 Å². The van der Waals surface area contributed by atoms with Gasteiger partial charge in [0.25, 0.3) is 5.91 Å². The van der Waals surface area contributed by atoms with Crippen LogP contribution < -0.4 is 5.32 Å². The molecular weight excluding hydrogens is 276 g/mol. The van der Waals surface area contributed by atoms with Gasteiger partial charge in [-0.05, 0) is 25.2 Å². The lowest BCUT2D eigenvalue weighted by atomic mass is 10.2. The molecule has 0 aromatic carbocycles. The van der Waals surface area contributed by atoms with E-state index in [4.69, 9.17) is 14.6 Å². The molecule has 1 rings (SSSR count). The number of aliphatic hydroxyl groups excluding tert-OH is 1. The summed E-state index contributed by atoms with van der Waals surface area (Å²) >= 11 is 0. The van der Waals surface area contributed by atoms with Crippen LogP contribution in [0.4, 0.5) is 0 Å². The third-order valence-electron chi connectivity index (χ3n) is 3.18. The molecule has 0 aliphatic carbocycles. The normalized spacial score (nSPS) is 12.4. The summed E-state index contributed by atoms with van der Waals surface area (Å²) in [6, 6.07) is 2.10. The van der Waals surface area contributed by atoms with Crippen LogP contribution in [0, 0.1) is 0 Å². The summed E-state index contributed by atoms with van der Waals surface area (Å²) < 4.78 is 5.43. The van der Waals surface area contributed by atoms with Crippen LogP contribution in [0.15, 0.2) is 16.5 Å². The minimum atomic E-state index is -1.19. The van der Waals surface area contributed by atoms with Gasteiger partial charge in [-0.15, -0.1) is 0 Å². The zero-order valence-electron chi connectivity index (χ0n) is 12.3. The van der Waals surface area contributed by atoms with E-state index in [1.165, 1.54) is 6.07 Å². The summed E-state index contributed by atoms with van der Waals surface area (Å²) in [5, 5.41) is 20.0. The largest absolute Gasteiger partial charge is 0.480 e. The van der Waals surface area contributed by atoms with Crippen molar-refractivity contribution < 1.29 is 24.2 Å². The van der Waals surface area contributed by atoms with Crippen molar-refractivity contribution in [1.82, 2.24) is 10.2 Å². The van der Waals surface area contributed by atoms with E-state index >= 15 is 0 Å². The van der Waals surface area contributed by atoms with Gasteiger partial charge in [0.15, 0.2) is 5.76 Å². The van der Waals surface area contributed by atoms with Crippen LogP contribution in [0.1, 0.15) is 36.6 Å². The molecule has 0 aliphatic rings. The highest BCUT2D eigenvalue weighted by molar-refractivity contribution is 5.94. The van der Waals surface area contributed by atoms with Gasteiger partial charge in [-0.1, -0.05) is 13.8 Å². The molecule has 0 bridgehead atoms. The molecule has 7 heteroatoms. The maximum absolute atomic E-state index is 11.9. The van der Waals surface area contributed by atoms with Crippen molar-refractivity contribution in [3.63, 3.8) is 0 Å². The van der Waals surface area contributed by atoms with E-state index in [1.807, 2.05) is 13.8 Å². The van der Waals surface area contributed by atoms with Crippen molar-refractivity contribution in [3.05, 3.63) is 23.7 Å². The molecule has 1 heterocycles. The lowest BCUT2D eigenvalue weighted by molar-refractivity contribution is -0.139. The summed E-state index contributed by atoms with van der Waals surface area (Å²) in [6.45, 7) is 6.09. The first-order valence-corrected chi connectivity index (χ1v) is 6.97. The standard InChI is InChI=1S/C14H22N2O5/c1-3-16(4-2)9-10-5-6-12(21-10)13(18)15-11(7-8-17)14(19)20/h5-6,11,17H,3-4,7-9H2,1-2H3,(H,15,18)(H,19,20)/t11-/m0/s1. The fourth-order valence-electron chi connectivity index (χ4n) is 1.87. The average Bonchev–Trinajstić information content (AvgIpc) is 2.92. The minimum absolute atomic E-state index is 0.0475. The molecule has 0 aliphatic heterocycles. The Morgan fingerprint density at radius 1 is 1.33 bits per heavy atom. The van der Waals surface area contributed by atoms with E-state index in [0.717, 1.165) is 13.1 Å². The van der Waals surface area contributed by atoms with E-state index in [0.29, 0.717) is 12.3 Å². The van der Waals surface area contributed by atoms with Crippen LogP contribution in [-0.4, -0.2) is 52.7 Å². The Morgan fingerprint density at radius 2 is 2.00 bits per heavy atom. The molecular formula is C14H22N2O5. The molecule has 7 nitrogen and oxygen atoms in total. The number of nitrogens with zero attached hydrogens (tertiary/aromatic N) is 1. The molecule has 3 N–H and O–H groups in total. The second-order valence-electron chi connectivity index (χ2n) is 4.60. The van der Waals surface area contributed by atoms with Gasteiger partial charge < -0.3 is 19.9 Å². The topological polar surface area (TPSA) is 103 Å². The zero-order valence-corrected chi connectivity index (χ0v) is 12.3. The molecule has 0 spiro atoms. The first-order chi connectivity index (χ1) is 10.0. The number of amides is 1. The third kappa shape index (κ3) is 5.20. The number of aliphatic carboxylic acids is 1. The quantitative estimate of drug-likeness (QED) is 0.619. The highest BCUT2D eigenvalue weighted by Crippen LogP contribution is 2.11. The first kappa shape index (κ1) is 17.2. The van der Waals surface area contributed by atoms with Crippen LogP contribution in [0.3, 0.4) is 0 Å². The number of rotatable bonds is 9. The first-order valence-electron chi connectivity index (χ1n) is 6.97. The van der Waals surface area contributed by atoms with Gasteiger partial charge in [-0.2, -0.15) is 0 Å².